The third kappa shape index (κ3) is 2.39. The lowest BCUT2D eigenvalue weighted by molar-refractivity contribution is 0.0669. The largest absolute Gasteiger partial charge is 0.354 e. The number of carbonyl (C=O) groups is 1. The molecule has 26 heavy (non-hydrogen) atoms. The van der Waals surface area contributed by atoms with Crippen LogP contribution in [0.2, 0.25) is 0 Å². The van der Waals surface area contributed by atoms with Crippen LogP contribution in [0.4, 0.5) is 5.82 Å². The van der Waals surface area contributed by atoms with Gasteiger partial charge in [-0.2, -0.15) is 0 Å². The molecule has 5 rings (SSSR count). The first kappa shape index (κ1) is 15.7. The Morgan fingerprint density at radius 1 is 1.31 bits per heavy atom. The van der Waals surface area contributed by atoms with Crippen LogP contribution in [0.15, 0.2) is 24.8 Å². The number of aryl methyl sites for hydroxylation is 1. The highest BCUT2D eigenvalue weighted by Gasteiger charge is 2.52. The number of H-pyrrole nitrogens is 1. The summed E-state index contributed by atoms with van der Waals surface area (Å²) in [7, 11) is 0. The number of hydrogen-bond donors (Lipinski definition) is 1. The van der Waals surface area contributed by atoms with E-state index < -0.39 is 0 Å². The summed E-state index contributed by atoms with van der Waals surface area (Å²) in [5, 5.41) is 1.04. The van der Waals surface area contributed by atoms with E-state index in [2.05, 4.69) is 29.1 Å². The Kier molecular flexibility index (Phi) is 3.49. The monoisotopic (exact) mass is 368 g/mol. The number of fused-ring (bicyclic) bond motifs is 1. The number of hydrogen-bond acceptors (Lipinski definition) is 6. The zero-order chi connectivity index (χ0) is 17.7. The Hall–Kier alpha value is -2.48. The van der Waals surface area contributed by atoms with Gasteiger partial charge >= 0.3 is 0 Å². The van der Waals surface area contributed by atoms with Gasteiger partial charge in [0.2, 0.25) is 0 Å². The van der Waals surface area contributed by atoms with E-state index in [1.165, 1.54) is 11.5 Å². The van der Waals surface area contributed by atoms with E-state index >= 15 is 0 Å². The Labute approximate surface area is 155 Å². The summed E-state index contributed by atoms with van der Waals surface area (Å²) in [5.41, 5.74) is 1.54. The molecule has 3 aromatic heterocycles. The number of anilines is 1. The lowest BCUT2D eigenvalue weighted by Crippen LogP contribution is -2.46. The molecular formula is C18H20N6OS. The standard InChI is InChI=1S/C18H20N6OS/c1-12-14(9-22-26-12)17(25)24-8-2-7-23(10-18(24)4-5-18)16-13-3-6-19-15(13)20-11-21-16/h3,6,9,11H,2,4-5,7-8,10H2,1H3,(H,19,20,21). The molecular weight excluding hydrogens is 348 g/mol. The fourth-order valence-electron chi connectivity index (χ4n) is 4.01. The average Bonchev–Trinajstić information content (AvgIpc) is 3.09. The average molecular weight is 368 g/mol. The van der Waals surface area contributed by atoms with Gasteiger partial charge in [0.05, 0.1) is 22.7 Å². The van der Waals surface area contributed by atoms with Crippen LogP contribution in [0.25, 0.3) is 11.0 Å². The molecule has 1 amide bonds. The maximum atomic E-state index is 13.1. The van der Waals surface area contributed by atoms with E-state index in [4.69, 9.17) is 0 Å². The van der Waals surface area contributed by atoms with Gasteiger partial charge in [-0.15, -0.1) is 0 Å². The fourth-order valence-corrected chi connectivity index (χ4v) is 4.56. The number of carbonyl (C=O) groups excluding carboxylic acids is 1. The zero-order valence-electron chi connectivity index (χ0n) is 14.6. The summed E-state index contributed by atoms with van der Waals surface area (Å²) in [6, 6.07) is 2.03. The van der Waals surface area contributed by atoms with Crippen molar-refractivity contribution >= 4 is 34.3 Å². The van der Waals surface area contributed by atoms with Crippen LogP contribution in [0, 0.1) is 6.92 Å². The van der Waals surface area contributed by atoms with E-state index in [9.17, 15) is 4.79 Å². The second kappa shape index (κ2) is 5.77. The second-order valence-corrected chi connectivity index (χ2v) is 8.19. The fraction of sp³-hybridized carbons (Fsp3) is 0.444. The second-order valence-electron chi connectivity index (χ2n) is 7.19. The Balaban J connectivity index is 1.47. The molecule has 0 atom stereocenters. The van der Waals surface area contributed by atoms with Gasteiger partial charge in [-0.25, -0.2) is 14.3 Å². The zero-order valence-corrected chi connectivity index (χ0v) is 15.4. The van der Waals surface area contributed by atoms with Crippen LogP contribution in [0.1, 0.15) is 34.5 Å². The van der Waals surface area contributed by atoms with Gasteiger partial charge in [-0.1, -0.05) is 0 Å². The molecule has 2 aliphatic rings. The molecule has 0 bridgehead atoms. The predicted molar refractivity (Wildman–Crippen MR) is 101 cm³/mol. The smallest absolute Gasteiger partial charge is 0.257 e. The van der Waals surface area contributed by atoms with Crippen LogP contribution in [-0.4, -0.2) is 55.3 Å². The first-order chi connectivity index (χ1) is 12.7. The summed E-state index contributed by atoms with van der Waals surface area (Å²) in [5.74, 6) is 1.09. The van der Waals surface area contributed by atoms with Crippen LogP contribution in [0.3, 0.4) is 0 Å². The van der Waals surface area contributed by atoms with Gasteiger partial charge in [-0.3, -0.25) is 4.79 Å². The lowest BCUT2D eigenvalue weighted by Gasteiger charge is -2.32. The minimum atomic E-state index is -0.0739. The third-order valence-electron chi connectivity index (χ3n) is 5.55. The van der Waals surface area contributed by atoms with Crippen molar-refractivity contribution in [1.29, 1.82) is 0 Å². The molecule has 1 aliphatic heterocycles. The van der Waals surface area contributed by atoms with Crippen molar-refractivity contribution in [2.45, 2.75) is 31.7 Å². The molecule has 0 aromatic carbocycles. The van der Waals surface area contributed by atoms with Crippen molar-refractivity contribution in [2.75, 3.05) is 24.5 Å². The maximum Gasteiger partial charge on any atom is 0.257 e. The molecule has 1 saturated heterocycles. The molecule has 1 spiro atoms. The normalized spacial score (nSPS) is 19.1. The van der Waals surface area contributed by atoms with E-state index in [1.807, 2.05) is 19.2 Å². The molecule has 134 valence electrons. The highest BCUT2D eigenvalue weighted by atomic mass is 32.1. The van der Waals surface area contributed by atoms with Crippen LogP contribution in [-0.2, 0) is 0 Å². The summed E-state index contributed by atoms with van der Waals surface area (Å²) >= 11 is 1.39. The number of aromatic amines is 1. The number of nitrogens with one attached hydrogen (secondary N) is 1. The molecule has 2 fully saturated rings. The van der Waals surface area contributed by atoms with Crippen LogP contribution < -0.4 is 4.90 Å². The van der Waals surface area contributed by atoms with Gasteiger partial charge in [0, 0.05) is 30.7 Å². The van der Waals surface area contributed by atoms with Crippen molar-refractivity contribution in [3.8, 4) is 0 Å². The quantitative estimate of drug-likeness (QED) is 0.752. The Morgan fingerprint density at radius 3 is 2.96 bits per heavy atom. The summed E-state index contributed by atoms with van der Waals surface area (Å²) < 4.78 is 4.18. The molecule has 3 aromatic rings. The SMILES string of the molecule is Cc1sncc1C(=O)N1CCCN(c2ncnc3[nH]ccc23)CC12CC2. The van der Waals surface area contributed by atoms with Crippen molar-refractivity contribution < 1.29 is 4.79 Å². The number of amides is 1. The highest BCUT2D eigenvalue weighted by Crippen LogP contribution is 2.45. The molecule has 1 saturated carbocycles. The van der Waals surface area contributed by atoms with Crippen LogP contribution in [0.5, 0.6) is 0 Å². The molecule has 1 aliphatic carbocycles. The van der Waals surface area contributed by atoms with Crippen molar-refractivity contribution in [2.24, 2.45) is 0 Å². The van der Waals surface area contributed by atoms with E-state index in [0.717, 1.165) is 66.2 Å². The molecule has 4 heterocycles. The van der Waals surface area contributed by atoms with Crippen molar-refractivity contribution in [3.05, 3.63) is 35.2 Å². The summed E-state index contributed by atoms with van der Waals surface area (Å²) in [6.07, 6.45) is 8.26. The van der Waals surface area contributed by atoms with E-state index in [1.54, 1.807) is 12.5 Å². The molecule has 1 N–H and O–H groups in total. The lowest BCUT2D eigenvalue weighted by atomic mass is 10.1. The Bertz CT molecular complexity index is 975. The maximum absolute atomic E-state index is 13.1. The third-order valence-corrected chi connectivity index (χ3v) is 6.26. The number of nitrogens with zero attached hydrogens (tertiary/aromatic N) is 5. The van der Waals surface area contributed by atoms with Gasteiger partial charge < -0.3 is 14.8 Å². The molecule has 0 radical (unpaired) electrons. The van der Waals surface area contributed by atoms with Gasteiger partial charge in [0.1, 0.15) is 17.8 Å². The first-order valence-electron chi connectivity index (χ1n) is 8.94. The summed E-state index contributed by atoms with van der Waals surface area (Å²) in [6.45, 7) is 4.47. The minimum Gasteiger partial charge on any atom is -0.354 e. The molecule has 0 unspecified atom stereocenters. The molecule has 8 heteroatoms. The predicted octanol–water partition coefficient (Wildman–Crippen LogP) is 2.61. The van der Waals surface area contributed by atoms with Gasteiger partial charge in [0.25, 0.3) is 5.91 Å². The van der Waals surface area contributed by atoms with Crippen molar-refractivity contribution in [1.82, 2.24) is 24.2 Å². The van der Waals surface area contributed by atoms with E-state index in [0.29, 0.717) is 0 Å². The van der Waals surface area contributed by atoms with Gasteiger partial charge in [0.15, 0.2) is 0 Å². The Morgan fingerprint density at radius 2 is 2.19 bits per heavy atom. The molecule has 7 nitrogen and oxygen atoms in total. The first-order valence-corrected chi connectivity index (χ1v) is 9.72. The van der Waals surface area contributed by atoms with E-state index in [-0.39, 0.29) is 11.4 Å². The topological polar surface area (TPSA) is 78.0 Å². The summed E-state index contributed by atoms with van der Waals surface area (Å²) in [4.78, 5) is 30.6. The minimum absolute atomic E-state index is 0.0739. The van der Waals surface area contributed by atoms with Crippen LogP contribution >= 0.6 is 11.5 Å². The van der Waals surface area contributed by atoms with Crippen molar-refractivity contribution in [3.63, 3.8) is 0 Å². The number of rotatable bonds is 2. The number of aromatic nitrogens is 4. The van der Waals surface area contributed by atoms with Gasteiger partial charge in [-0.05, 0) is 43.8 Å². The highest BCUT2D eigenvalue weighted by molar-refractivity contribution is 7.06.